The third-order valence-electron chi connectivity index (χ3n) is 1.38. The van der Waals surface area contributed by atoms with Gasteiger partial charge in [-0.25, -0.2) is 4.98 Å². The summed E-state index contributed by atoms with van der Waals surface area (Å²) in [5.74, 6) is 2.30. The van der Waals surface area contributed by atoms with Crippen LogP contribution in [-0.2, 0) is 5.60 Å². The van der Waals surface area contributed by atoms with Crippen molar-refractivity contribution in [1.29, 1.82) is 0 Å². The molecule has 0 unspecified atom stereocenters. The van der Waals surface area contributed by atoms with E-state index >= 15 is 0 Å². The van der Waals surface area contributed by atoms with Gasteiger partial charge >= 0.3 is 0 Å². The van der Waals surface area contributed by atoms with E-state index in [9.17, 15) is 5.11 Å². The molecular formula is C8H9NOS. The predicted molar refractivity (Wildman–Crippen MR) is 45.3 cm³/mol. The van der Waals surface area contributed by atoms with Crippen LogP contribution in [0.3, 0.4) is 0 Å². The third-order valence-corrected chi connectivity index (χ3v) is 2.51. The Labute approximate surface area is 69.9 Å². The Bertz CT molecular complexity index is 295. The van der Waals surface area contributed by atoms with E-state index in [1.807, 2.05) is 6.92 Å². The third kappa shape index (κ3) is 1.59. The molecule has 1 aromatic heterocycles. The lowest BCUT2D eigenvalue weighted by atomic mass is 10.1. The van der Waals surface area contributed by atoms with Crippen LogP contribution in [0.15, 0.2) is 6.20 Å². The van der Waals surface area contributed by atoms with E-state index in [2.05, 4.69) is 10.9 Å². The van der Waals surface area contributed by atoms with E-state index in [1.165, 1.54) is 11.3 Å². The Balaban J connectivity index is 3.04. The second-order valence-corrected chi connectivity index (χ2v) is 3.69. The molecule has 0 fully saturated rings. The molecule has 2 nitrogen and oxygen atoms in total. The van der Waals surface area contributed by atoms with Gasteiger partial charge in [0.1, 0.15) is 0 Å². The quantitative estimate of drug-likeness (QED) is 0.639. The zero-order valence-electron chi connectivity index (χ0n) is 6.46. The molecular weight excluding hydrogens is 158 g/mol. The van der Waals surface area contributed by atoms with E-state index in [-0.39, 0.29) is 0 Å². The van der Waals surface area contributed by atoms with Crippen molar-refractivity contribution in [3.8, 4) is 12.3 Å². The van der Waals surface area contributed by atoms with Crippen LogP contribution >= 0.6 is 11.3 Å². The summed E-state index contributed by atoms with van der Waals surface area (Å²) >= 11 is 1.42. The molecule has 1 N–H and O–H groups in total. The lowest BCUT2D eigenvalue weighted by Gasteiger charge is -2.11. The van der Waals surface area contributed by atoms with Crippen molar-refractivity contribution in [2.24, 2.45) is 0 Å². The monoisotopic (exact) mass is 167 g/mol. The largest absolute Gasteiger partial charge is 0.373 e. The van der Waals surface area contributed by atoms with E-state index in [0.717, 1.165) is 9.88 Å². The minimum atomic E-state index is -1.16. The maximum Gasteiger partial charge on any atom is 0.158 e. The second kappa shape index (κ2) is 2.65. The Morgan fingerprint density at radius 1 is 1.82 bits per heavy atom. The van der Waals surface area contributed by atoms with Crippen LogP contribution in [0.4, 0.5) is 0 Å². The van der Waals surface area contributed by atoms with Crippen LogP contribution < -0.4 is 0 Å². The summed E-state index contributed by atoms with van der Waals surface area (Å²) in [7, 11) is 0. The number of aryl methyl sites for hydroxylation is 1. The van der Waals surface area contributed by atoms with Gasteiger partial charge in [-0.3, -0.25) is 0 Å². The van der Waals surface area contributed by atoms with Gasteiger partial charge < -0.3 is 5.11 Å². The van der Waals surface area contributed by atoms with Gasteiger partial charge in [0.25, 0.3) is 0 Å². The molecule has 3 heteroatoms. The summed E-state index contributed by atoms with van der Waals surface area (Å²) in [6, 6.07) is 0. The molecule has 0 aliphatic carbocycles. The highest BCUT2D eigenvalue weighted by Crippen LogP contribution is 2.24. The first kappa shape index (κ1) is 8.25. The van der Waals surface area contributed by atoms with Crippen LogP contribution in [0.2, 0.25) is 0 Å². The molecule has 0 aliphatic heterocycles. The van der Waals surface area contributed by atoms with Gasteiger partial charge in [0, 0.05) is 6.20 Å². The molecule has 0 amide bonds. The summed E-state index contributed by atoms with van der Waals surface area (Å²) in [6.45, 7) is 3.46. The van der Waals surface area contributed by atoms with Gasteiger partial charge in [-0.2, -0.15) is 0 Å². The van der Waals surface area contributed by atoms with Crippen molar-refractivity contribution in [3.63, 3.8) is 0 Å². The van der Waals surface area contributed by atoms with Crippen LogP contribution in [-0.4, -0.2) is 10.1 Å². The fourth-order valence-corrected chi connectivity index (χ4v) is 1.44. The van der Waals surface area contributed by atoms with Crippen molar-refractivity contribution in [2.75, 3.05) is 0 Å². The van der Waals surface area contributed by atoms with E-state index in [1.54, 1.807) is 13.1 Å². The Morgan fingerprint density at radius 2 is 2.45 bits per heavy atom. The van der Waals surface area contributed by atoms with E-state index in [4.69, 9.17) is 6.42 Å². The highest BCUT2D eigenvalue weighted by Gasteiger charge is 2.21. The van der Waals surface area contributed by atoms with Crippen molar-refractivity contribution >= 4 is 11.3 Å². The second-order valence-electron chi connectivity index (χ2n) is 2.46. The molecule has 1 rings (SSSR count). The van der Waals surface area contributed by atoms with Crippen LogP contribution in [0.1, 0.15) is 16.8 Å². The number of nitrogens with zero attached hydrogens (tertiary/aromatic N) is 1. The highest BCUT2D eigenvalue weighted by molar-refractivity contribution is 7.11. The average molecular weight is 167 g/mol. The Hall–Kier alpha value is -0.850. The standard InChI is InChI=1S/C8H9NOS/c1-4-8(3,10)7-5-9-6(2)11-7/h1,5,10H,2-3H3/t8-/m0/s1. The van der Waals surface area contributed by atoms with Gasteiger partial charge in [0.15, 0.2) is 5.60 Å². The molecule has 11 heavy (non-hydrogen) atoms. The van der Waals surface area contributed by atoms with Crippen LogP contribution in [0.5, 0.6) is 0 Å². The SMILES string of the molecule is C#C[C@](C)(O)c1cnc(C)s1. The number of rotatable bonds is 1. The zero-order chi connectivity index (χ0) is 8.48. The topological polar surface area (TPSA) is 33.1 Å². The molecule has 0 bridgehead atoms. The van der Waals surface area contributed by atoms with Crippen molar-refractivity contribution in [3.05, 3.63) is 16.1 Å². The predicted octanol–water partition coefficient (Wildman–Crippen LogP) is 1.29. The average Bonchev–Trinajstić information content (AvgIpc) is 2.36. The van der Waals surface area contributed by atoms with Crippen LogP contribution in [0, 0.1) is 19.3 Å². The van der Waals surface area contributed by atoms with E-state index in [0.29, 0.717) is 0 Å². The number of thiazole rings is 1. The zero-order valence-corrected chi connectivity index (χ0v) is 7.27. The van der Waals surface area contributed by atoms with Crippen molar-refractivity contribution < 1.29 is 5.11 Å². The fraction of sp³-hybridized carbons (Fsp3) is 0.375. The minimum absolute atomic E-state index is 0.720. The molecule has 0 saturated carbocycles. The summed E-state index contributed by atoms with van der Waals surface area (Å²) < 4.78 is 0. The Morgan fingerprint density at radius 3 is 2.82 bits per heavy atom. The smallest absolute Gasteiger partial charge is 0.158 e. The molecule has 0 aromatic carbocycles. The molecule has 0 radical (unpaired) electrons. The molecule has 1 atom stereocenters. The van der Waals surface area contributed by atoms with Gasteiger partial charge in [-0.1, -0.05) is 5.92 Å². The molecule has 1 heterocycles. The lowest BCUT2D eigenvalue weighted by Crippen LogP contribution is -2.15. The highest BCUT2D eigenvalue weighted by atomic mass is 32.1. The molecule has 58 valence electrons. The fourth-order valence-electron chi connectivity index (χ4n) is 0.658. The summed E-state index contributed by atoms with van der Waals surface area (Å²) in [6.07, 6.45) is 6.74. The first-order chi connectivity index (χ1) is 5.06. The van der Waals surface area contributed by atoms with Crippen molar-refractivity contribution in [1.82, 2.24) is 4.98 Å². The number of hydrogen-bond acceptors (Lipinski definition) is 3. The lowest BCUT2D eigenvalue weighted by molar-refractivity contribution is 0.126. The number of hydrogen-bond donors (Lipinski definition) is 1. The van der Waals surface area contributed by atoms with Gasteiger partial charge in [0.05, 0.1) is 9.88 Å². The Kier molecular flexibility index (Phi) is 1.99. The van der Waals surface area contributed by atoms with Crippen LogP contribution in [0.25, 0.3) is 0 Å². The van der Waals surface area contributed by atoms with E-state index < -0.39 is 5.60 Å². The number of aliphatic hydroxyl groups is 1. The molecule has 0 saturated heterocycles. The minimum Gasteiger partial charge on any atom is -0.373 e. The summed E-state index contributed by atoms with van der Waals surface area (Å²) in [5, 5.41) is 10.5. The summed E-state index contributed by atoms with van der Waals surface area (Å²) in [5.41, 5.74) is -1.16. The summed E-state index contributed by atoms with van der Waals surface area (Å²) in [4.78, 5) is 4.71. The first-order valence-corrected chi connectivity index (χ1v) is 4.01. The maximum absolute atomic E-state index is 9.54. The van der Waals surface area contributed by atoms with Gasteiger partial charge in [-0.15, -0.1) is 17.8 Å². The number of terminal acetylenes is 1. The van der Waals surface area contributed by atoms with Gasteiger partial charge in [0.2, 0.25) is 0 Å². The van der Waals surface area contributed by atoms with Crippen molar-refractivity contribution in [2.45, 2.75) is 19.4 Å². The maximum atomic E-state index is 9.54. The molecule has 0 aliphatic rings. The molecule has 0 spiro atoms. The number of aromatic nitrogens is 1. The first-order valence-electron chi connectivity index (χ1n) is 3.19. The molecule has 1 aromatic rings. The van der Waals surface area contributed by atoms with Gasteiger partial charge in [-0.05, 0) is 13.8 Å². The normalized spacial score (nSPS) is 15.5.